The van der Waals surface area contributed by atoms with Crippen LogP contribution in [-0.4, -0.2) is 95.1 Å². The van der Waals surface area contributed by atoms with Crippen molar-refractivity contribution < 1.29 is 19.5 Å². The van der Waals surface area contributed by atoms with Crippen LogP contribution in [0.2, 0.25) is 0 Å². The Balaban J connectivity index is 1.41. The van der Waals surface area contributed by atoms with Crippen LogP contribution >= 0.6 is 11.3 Å². The summed E-state index contributed by atoms with van der Waals surface area (Å²) in [5, 5.41) is 18.2. The predicted molar refractivity (Wildman–Crippen MR) is 149 cm³/mol. The Bertz CT molecular complexity index is 886. The van der Waals surface area contributed by atoms with E-state index in [4.69, 9.17) is 0 Å². The van der Waals surface area contributed by atoms with Gasteiger partial charge in [0.15, 0.2) is 0 Å². The van der Waals surface area contributed by atoms with E-state index in [1.54, 1.807) is 16.2 Å². The van der Waals surface area contributed by atoms with E-state index in [9.17, 15) is 19.5 Å². The average molecular weight is 548 g/mol. The first-order chi connectivity index (χ1) is 18.5. The lowest BCUT2D eigenvalue weighted by molar-refractivity contribution is -0.145. The van der Waals surface area contributed by atoms with Gasteiger partial charge in [-0.25, -0.2) is 4.79 Å². The summed E-state index contributed by atoms with van der Waals surface area (Å²) in [5.41, 5.74) is 0. The highest BCUT2D eigenvalue weighted by atomic mass is 32.1. The molecule has 1 saturated carbocycles. The fraction of sp³-hybridized carbons (Fsp3) is 0.750. The molecule has 0 aromatic carbocycles. The number of carbonyl (C=O) groups is 3. The molecule has 9 nitrogen and oxygen atoms in total. The molecule has 2 atom stereocenters. The number of likely N-dealkylation sites (tertiary alicyclic amines) is 1. The van der Waals surface area contributed by atoms with Gasteiger partial charge < -0.3 is 30.4 Å². The van der Waals surface area contributed by atoms with E-state index in [1.165, 1.54) is 56.5 Å². The smallest absolute Gasteiger partial charge is 0.407 e. The van der Waals surface area contributed by atoms with Crippen molar-refractivity contribution in [3.8, 4) is 0 Å². The summed E-state index contributed by atoms with van der Waals surface area (Å²) >= 11 is 1.56. The zero-order valence-electron chi connectivity index (χ0n) is 22.6. The lowest BCUT2D eigenvalue weighted by atomic mass is 9.94. The van der Waals surface area contributed by atoms with Crippen molar-refractivity contribution in [1.82, 2.24) is 25.3 Å². The van der Waals surface area contributed by atoms with Gasteiger partial charge in [0.05, 0.1) is 19.1 Å². The van der Waals surface area contributed by atoms with Crippen molar-refractivity contribution in [2.24, 2.45) is 0 Å². The molecule has 3 amide bonds. The topological polar surface area (TPSA) is 105 Å². The molecule has 3 aliphatic rings. The lowest BCUT2D eigenvalue weighted by Gasteiger charge is -2.41. The number of carboxylic acid groups (broad SMARTS) is 1. The van der Waals surface area contributed by atoms with Crippen molar-refractivity contribution in [1.29, 1.82) is 0 Å². The molecule has 3 N–H and O–H groups in total. The van der Waals surface area contributed by atoms with Crippen LogP contribution in [-0.2, 0) is 16.1 Å². The van der Waals surface area contributed by atoms with Crippen LogP contribution in [0.5, 0.6) is 0 Å². The summed E-state index contributed by atoms with van der Waals surface area (Å²) in [6.45, 7) is 4.28. The molecule has 1 aliphatic carbocycles. The summed E-state index contributed by atoms with van der Waals surface area (Å²) in [6, 6.07) is 3.04. The SMILES string of the molecule is O=C(NCc1cccs1)[C@@H]1CN(C(=O)O)CCN1C(=O)C(CCCCN1CCCCC1)NC1CCCCC1. The van der Waals surface area contributed by atoms with Gasteiger partial charge in [-0.1, -0.05) is 38.2 Å². The van der Waals surface area contributed by atoms with Crippen molar-refractivity contribution in [3.05, 3.63) is 22.4 Å². The van der Waals surface area contributed by atoms with E-state index >= 15 is 0 Å². The van der Waals surface area contributed by atoms with Gasteiger partial charge in [0, 0.05) is 24.0 Å². The van der Waals surface area contributed by atoms with E-state index in [1.807, 2.05) is 17.5 Å². The molecule has 10 heteroatoms. The third-order valence-corrected chi connectivity index (χ3v) is 9.14. The van der Waals surface area contributed by atoms with Crippen molar-refractivity contribution in [2.75, 3.05) is 39.3 Å². The van der Waals surface area contributed by atoms with Crippen molar-refractivity contribution in [2.45, 2.75) is 95.3 Å². The number of piperazine rings is 1. The maximum absolute atomic E-state index is 14.0. The molecule has 0 spiro atoms. The second kappa shape index (κ2) is 14.8. The first-order valence-electron chi connectivity index (χ1n) is 14.6. The molecule has 38 heavy (non-hydrogen) atoms. The number of nitrogens with one attached hydrogen (secondary N) is 2. The second-order valence-electron chi connectivity index (χ2n) is 11.0. The summed E-state index contributed by atoms with van der Waals surface area (Å²) in [4.78, 5) is 45.5. The molecule has 2 aliphatic heterocycles. The van der Waals surface area contributed by atoms with Gasteiger partial charge in [-0.3, -0.25) is 9.59 Å². The van der Waals surface area contributed by atoms with Crippen LogP contribution in [0.3, 0.4) is 0 Å². The van der Waals surface area contributed by atoms with Gasteiger partial charge in [-0.2, -0.15) is 0 Å². The average Bonchev–Trinajstić information content (AvgIpc) is 3.47. The number of nitrogens with zero attached hydrogens (tertiary/aromatic N) is 3. The Morgan fingerprint density at radius 1 is 1.00 bits per heavy atom. The number of unbranched alkanes of at least 4 members (excludes halogenated alkanes) is 1. The van der Waals surface area contributed by atoms with E-state index in [2.05, 4.69) is 15.5 Å². The minimum absolute atomic E-state index is 0.00244. The standard InChI is InChI=1S/C28H45N5O4S/c34-26(29-20-23-12-9-19-38-23)25-21-32(28(36)37)17-18-33(25)27(35)24(30-22-10-3-1-4-11-22)13-5-8-16-31-14-6-2-7-15-31/h9,12,19,22,24-25,30H,1-8,10-11,13-18,20-21H2,(H,29,34)(H,36,37)/t24?,25-/m0/s1. The van der Waals surface area contributed by atoms with Gasteiger partial charge in [0.1, 0.15) is 6.04 Å². The molecule has 3 fully saturated rings. The number of thiophene rings is 1. The Morgan fingerprint density at radius 2 is 1.76 bits per heavy atom. The predicted octanol–water partition coefficient (Wildman–Crippen LogP) is 3.50. The number of rotatable bonds is 11. The van der Waals surface area contributed by atoms with Crippen LogP contribution < -0.4 is 10.6 Å². The van der Waals surface area contributed by atoms with Crippen LogP contribution in [0.1, 0.15) is 75.5 Å². The minimum atomic E-state index is -1.05. The maximum atomic E-state index is 14.0. The Hall–Kier alpha value is -2.17. The Labute approximate surface area is 230 Å². The Morgan fingerprint density at radius 3 is 2.47 bits per heavy atom. The minimum Gasteiger partial charge on any atom is -0.465 e. The van der Waals surface area contributed by atoms with Gasteiger partial charge in [0.25, 0.3) is 0 Å². The molecule has 3 heterocycles. The molecule has 0 bridgehead atoms. The maximum Gasteiger partial charge on any atom is 0.407 e. The largest absolute Gasteiger partial charge is 0.465 e. The molecule has 0 radical (unpaired) electrons. The highest BCUT2D eigenvalue weighted by molar-refractivity contribution is 7.09. The van der Waals surface area contributed by atoms with Crippen LogP contribution in [0, 0.1) is 0 Å². The Kier molecular flexibility index (Phi) is 11.3. The number of carbonyl (C=O) groups excluding carboxylic acids is 2. The third-order valence-electron chi connectivity index (χ3n) is 8.26. The fourth-order valence-electron chi connectivity index (χ4n) is 6.05. The second-order valence-corrected chi connectivity index (χ2v) is 12.1. The zero-order chi connectivity index (χ0) is 26.7. The zero-order valence-corrected chi connectivity index (χ0v) is 23.4. The number of hydrogen-bond acceptors (Lipinski definition) is 6. The molecule has 1 aromatic heterocycles. The lowest BCUT2D eigenvalue weighted by Crippen LogP contribution is -2.64. The molecular formula is C28H45N5O4S. The number of hydrogen-bond donors (Lipinski definition) is 3. The summed E-state index contributed by atoms with van der Waals surface area (Å²) in [6.07, 6.45) is 11.4. The van der Waals surface area contributed by atoms with Crippen LogP contribution in [0.4, 0.5) is 4.79 Å². The first kappa shape index (κ1) is 28.8. The fourth-order valence-corrected chi connectivity index (χ4v) is 6.69. The first-order valence-corrected chi connectivity index (χ1v) is 15.5. The normalized spacial score (nSPS) is 22.3. The molecule has 1 aromatic rings. The van der Waals surface area contributed by atoms with Crippen LogP contribution in [0.15, 0.2) is 17.5 Å². The highest BCUT2D eigenvalue weighted by Crippen LogP contribution is 2.21. The van der Waals surface area contributed by atoms with Gasteiger partial charge in [-0.05, 0) is 69.6 Å². The van der Waals surface area contributed by atoms with E-state index in [-0.39, 0.29) is 37.5 Å². The van der Waals surface area contributed by atoms with E-state index < -0.39 is 12.1 Å². The molecular weight excluding hydrogens is 502 g/mol. The highest BCUT2D eigenvalue weighted by Gasteiger charge is 2.39. The molecule has 212 valence electrons. The third kappa shape index (κ3) is 8.41. The summed E-state index contributed by atoms with van der Waals surface area (Å²) in [7, 11) is 0. The van der Waals surface area contributed by atoms with Gasteiger partial charge in [-0.15, -0.1) is 11.3 Å². The van der Waals surface area contributed by atoms with Crippen LogP contribution in [0.25, 0.3) is 0 Å². The van der Waals surface area contributed by atoms with E-state index in [0.717, 1.165) is 43.5 Å². The molecule has 4 rings (SSSR count). The van der Waals surface area contributed by atoms with Gasteiger partial charge >= 0.3 is 6.09 Å². The van der Waals surface area contributed by atoms with Crippen molar-refractivity contribution >= 4 is 29.2 Å². The van der Waals surface area contributed by atoms with Gasteiger partial charge in [0.2, 0.25) is 11.8 Å². The van der Waals surface area contributed by atoms with Crippen molar-refractivity contribution in [3.63, 3.8) is 0 Å². The molecule has 2 saturated heterocycles. The monoisotopic (exact) mass is 547 g/mol. The number of piperidine rings is 1. The van der Waals surface area contributed by atoms with E-state index in [0.29, 0.717) is 12.6 Å². The summed E-state index contributed by atoms with van der Waals surface area (Å²) in [5.74, 6) is -0.353. The number of amides is 3. The molecule has 1 unspecified atom stereocenters. The quantitative estimate of drug-likeness (QED) is 0.366. The summed E-state index contributed by atoms with van der Waals surface area (Å²) < 4.78 is 0.